The highest BCUT2D eigenvalue weighted by Crippen LogP contribution is 2.35. The fourth-order valence-electron chi connectivity index (χ4n) is 1.92. The molecule has 1 amide bonds. The number of carbonyl (C=O) groups excluding carboxylic acids is 1. The molecule has 2 fully saturated rings. The van der Waals surface area contributed by atoms with Crippen LogP contribution in [0.2, 0.25) is 0 Å². The Balaban J connectivity index is 0.00000108. The van der Waals surface area contributed by atoms with Gasteiger partial charge in [-0.2, -0.15) is 4.98 Å². The highest BCUT2D eigenvalue weighted by molar-refractivity contribution is 5.85. The monoisotopic (exact) mass is 258 g/mol. The van der Waals surface area contributed by atoms with Crippen LogP contribution in [0, 0.1) is 5.92 Å². The molecule has 17 heavy (non-hydrogen) atoms. The molecule has 0 unspecified atom stereocenters. The maximum absolute atomic E-state index is 11.7. The molecule has 2 aliphatic rings. The van der Waals surface area contributed by atoms with Gasteiger partial charge in [-0.15, -0.1) is 12.4 Å². The molecule has 0 aromatic carbocycles. The number of carbonyl (C=O) groups is 1. The largest absolute Gasteiger partial charge is 0.341 e. The van der Waals surface area contributed by atoms with E-state index in [0.717, 1.165) is 12.8 Å². The van der Waals surface area contributed by atoms with E-state index in [0.29, 0.717) is 37.3 Å². The Bertz CT molecular complexity index is 412. The summed E-state index contributed by atoms with van der Waals surface area (Å²) in [6.07, 6.45) is 2.11. The Labute approximate surface area is 105 Å². The average molecular weight is 259 g/mol. The average Bonchev–Trinajstić information content (AvgIpc) is 2.97. The van der Waals surface area contributed by atoms with Crippen molar-refractivity contribution in [1.82, 2.24) is 15.0 Å². The number of nitrogens with zero attached hydrogens (tertiary/aromatic N) is 3. The van der Waals surface area contributed by atoms with E-state index in [-0.39, 0.29) is 24.2 Å². The molecule has 2 N–H and O–H groups in total. The summed E-state index contributed by atoms with van der Waals surface area (Å²) in [6.45, 7) is 1.71. The van der Waals surface area contributed by atoms with Crippen LogP contribution >= 0.6 is 12.4 Å². The minimum Gasteiger partial charge on any atom is -0.341 e. The Morgan fingerprint density at radius 1 is 1.47 bits per heavy atom. The van der Waals surface area contributed by atoms with E-state index >= 15 is 0 Å². The van der Waals surface area contributed by atoms with Crippen molar-refractivity contribution in [1.29, 1.82) is 0 Å². The number of hydrogen-bond donors (Lipinski definition) is 1. The van der Waals surface area contributed by atoms with Gasteiger partial charge in [-0.1, -0.05) is 5.16 Å². The van der Waals surface area contributed by atoms with Crippen molar-refractivity contribution < 1.29 is 9.32 Å². The lowest BCUT2D eigenvalue weighted by atomic mass is 9.99. The van der Waals surface area contributed by atoms with E-state index in [4.69, 9.17) is 10.3 Å². The summed E-state index contributed by atoms with van der Waals surface area (Å²) in [5.74, 6) is 1.93. The van der Waals surface area contributed by atoms with Crippen LogP contribution in [0.5, 0.6) is 0 Å². The van der Waals surface area contributed by atoms with E-state index < -0.39 is 0 Å². The molecule has 94 valence electrons. The first kappa shape index (κ1) is 12.3. The van der Waals surface area contributed by atoms with Crippen LogP contribution in [-0.2, 0) is 11.3 Å². The van der Waals surface area contributed by atoms with E-state index in [1.54, 1.807) is 0 Å². The molecule has 1 saturated carbocycles. The SMILES string of the molecule is Cl.NCc1noc(C2CN(C(=O)C3CC3)C2)n1. The van der Waals surface area contributed by atoms with Crippen LogP contribution in [0.15, 0.2) is 4.52 Å². The van der Waals surface area contributed by atoms with Gasteiger partial charge in [0.25, 0.3) is 0 Å². The normalized spacial score (nSPS) is 19.7. The standard InChI is InChI=1S/C10H14N4O2.ClH/c11-3-8-12-9(16-13-8)7-4-14(5-7)10(15)6-1-2-6;/h6-7H,1-5,11H2;1H. The van der Waals surface area contributed by atoms with Crippen LogP contribution in [0.3, 0.4) is 0 Å². The van der Waals surface area contributed by atoms with Crippen LogP contribution in [0.4, 0.5) is 0 Å². The molecule has 0 radical (unpaired) electrons. The summed E-state index contributed by atoms with van der Waals surface area (Å²) in [7, 11) is 0. The predicted octanol–water partition coefficient (Wildman–Crippen LogP) is 0.286. The van der Waals surface area contributed by atoms with Crippen molar-refractivity contribution in [3.05, 3.63) is 11.7 Å². The highest BCUT2D eigenvalue weighted by atomic mass is 35.5. The van der Waals surface area contributed by atoms with Crippen LogP contribution < -0.4 is 5.73 Å². The lowest BCUT2D eigenvalue weighted by molar-refractivity contribution is -0.137. The molecule has 0 bridgehead atoms. The van der Waals surface area contributed by atoms with Crippen LogP contribution in [0.1, 0.15) is 30.5 Å². The topological polar surface area (TPSA) is 85.2 Å². The number of hydrogen-bond acceptors (Lipinski definition) is 5. The Kier molecular flexibility index (Phi) is 3.35. The summed E-state index contributed by atoms with van der Waals surface area (Å²) in [4.78, 5) is 17.7. The van der Waals surface area contributed by atoms with E-state index in [1.807, 2.05) is 4.90 Å². The molecule has 0 atom stereocenters. The molecule has 0 spiro atoms. The van der Waals surface area contributed by atoms with Crippen molar-refractivity contribution >= 4 is 18.3 Å². The second-order valence-corrected chi connectivity index (χ2v) is 4.47. The first-order valence-electron chi connectivity index (χ1n) is 5.59. The maximum Gasteiger partial charge on any atom is 0.233 e. The highest BCUT2D eigenvalue weighted by Gasteiger charge is 2.41. The molecular formula is C10H15ClN4O2. The minimum absolute atomic E-state index is 0. The number of amides is 1. The molecule has 7 heteroatoms. The zero-order valence-electron chi connectivity index (χ0n) is 9.33. The zero-order chi connectivity index (χ0) is 11.1. The lowest BCUT2D eigenvalue weighted by Crippen LogP contribution is -2.49. The molecule has 1 saturated heterocycles. The van der Waals surface area contributed by atoms with Gasteiger partial charge in [0, 0.05) is 19.0 Å². The summed E-state index contributed by atoms with van der Waals surface area (Å²) >= 11 is 0. The zero-order valence-corrected chi connectivity index (χ0v) is 10.2. The van der Waals surface area contributed by atoms with Crippen molar-refractivity contribution in [3.8, 4) is 0 Å². The first-order chi connectivity index (χ1) is 7.78. The number of likely N-dealkylation sites (tertiary alicyclic amines) is 1. The van der Waals surface area contributed by atoms with Gasteiger partial charge < -0.3 is 15.2 Å². The molecule has 1 aliphatic carbocycles. The fourth-order valence-corrected chi connectivity index (χ4v) is 1.92. The second-order valence-electron chi connectivity index (χ2n) is 4.47. The van der Waals surface area contributed by atoms with Gasteiger partial charge in [0.1, 0.15) is 0 Å². The van der Waals surface area contributed by atoms with Gasteiger partial charge in [-0.05, 0) is 12.8 Å². The third kappa shape index (κ3) is 2.28. The summed E-state index contributed by atoms with van der Waals surface area (Å²) in [6, 6.07) is 0. The minimum atomic E-state index is 0. The van der Waals surface area contributed by atoms with Crippen molar-refractivity contribution in [3.63, 3.8) is 0 Å². The van der Waals surface area contributed by atoms with E-state index in [1.165, 1.54) is 0 Å². The van der Waals surface area contributed by atoms with Crippen molar-refractivity contribution in [2.24, 2.45) is 11.7 Å². The van der Waals surface area contributed by atoms with Crippen molar-refractivity contribution in [2.45, 2.75) is 25.3 Å². The second kappa shape index (κ2) is 4.62. The number of rotatable bonds is 3. The van der Waals surface area contributed by atoms with Gasteiger partial charge in [-0.25, -0.2) is 0 Å². The maximum atomic E-state index is 11.7. The summed E-state index contributed by atoms with van der Waals surface area (Å²) in [5.41, 5.74) is 5.40. The molecule has 1 aromatic heterocycles. The Morgan fingerprint density at radius 2 is 2.18 bits per heavy atom. The third-order valence-corrected chi connectivity index (χ3v) is 3.14. The van der Waals surface area contributed by atoms with Gasteiger partial charge in [-0.3, -0.25) is 4.79 Å². The molecule has 1 aromatic rings. The smallest absolute Gasteiger partial charge is 0.233 e. The van der Waals surface area contributed by atoms with E-state index in [9.17, 15) is 4.79 Å². The fraction of sp³-hybridized carbons (Fsp3) is 0.700. The molecule has 6 nitrogen and oxygen atoms in total. The number of aromatic nitrogens is 2. The van der Waals surface area contributed by atoms with E-state index in [2.05, 4.69) is 10.1 Å². The number of halogens is 1. The number of nitrogens with two attached hydrogens (primary N) is 1. The summed E-state index contributed by atoms with van der Waals surface area (Å²) in [5, 5.41) is 3.74. The van der Waals surface area contributed by atoms with Gasteiger partial charge in [0.2, 0.25) is 11.8 Å². The van der Waals surface area contributed by atoms with Gasteiger partial charge in [0.15, 0.2) is 5.82 Å². The molecule has 3 rings (SSSR count). The van der Waals surface area contributed by atoms with Gasteiger partial charge >= 0.3 is 0 Å². The molecule has 1 aliphatic heterocycles. The van der Waals surface area contributed by atoms with Gasteiger partial charge in [0.05, 0.1) is 12.5 Å². The molecular weight excluding hydrogens is 244 g/mol. The predicted molar refractivity (Wildman–Crippen MR) is 61.5 cm³/mol. The first-order valence-corrected chi connectivity index (χ1v) is 5.59. The van der Waals surface area contributed by atoms with Crippen molar-refractivity contribution in [2.75, 3.05) is 13.1 Å². The molecule has 2 heterocycles. The lowest BCUT2D eigenvalue weighted by Gasteiger charge is -2.37. The van der Waals surface area contributed by atoms with Crippen LogP contribution in [0.25, 0.3) is 0 Å². The summed E-state index contributed by atoms with van der Waals surface area (Å²) < 4.78 is 5.08. The third-order valence-electron chi connectivity index (χ3n) is 3.14. The quantitative estimate of drug-likeness (QED) is 0.842. The van der Waals surface area contributed by atoms with Crippen LogP contribution in [-0.4, -0.2) is 34.0 Å². The Hall–Kier alpha value is -1.14. The Morgan fingerprint density at radius 3 is 2.71 bits per heavy atom.